The van der Waals surface area contributed by atoms with Gasteiger partial charge in [0.1, 0.15) is 5.82 Å². The van der Waals surface area contributed by atoms with Crippen LogP contribution in [0.5, 0.6) is 0 Å². The second kappa shape index (κ2) is 4.27. The summed E-state index contributed by atoms with van der Waals surface area (Å²) in [4.78, 5) is 19.3. The molecule has 0 saturated carbocycles. The standard InChI is InChI=1S/C13H11N3OS/c1-14-13(17)8-2-3-10-11(6-8)16-12(15-10)9-4-5-18-7-9/h2-7H,1H3,(H,14,17)(H,15,16). The van der Waals surface area contributed by atoms with E-state index in [-0.39, 0.29) is 5.91 Å². The summed E-state index contributed by atoms with van der Waals surface area (Å²) in [5.74, 6) is 0.734. The molecule has 1 aromatic carbocycles. The molecule has 0 radical (unpaired) electrons. The Kier molecular flexibility index (Phi) is 2.60. The van der Waals surface area contributed by atoms with Crippen LogP contribution in [0.1, 0.15) is 10.4 Å². The number of aromatic amines is 1. The minimum Gasteiger partial charge on any atom is -0.355 e. The third kappa shape index (κ3) is 1.78. The Morgan fingerprint density at radius 3 is 3.00 bits per heavy atom. The zero-order valence-corrected chi connectivity index (χ0v) is 10.5. The van der Waals surface area contributed by atoms with E-state index in [4.69, 9.17) is 0 Å². The molecule has 2 heterocycles. The molecule has 3 rings (SSSR count). The molecule has 3 aromatic rings. The molecule has 0 aliphatic heterocycles. The molecule has 0 fully saturated rings. The molecule has 1 amide bonds. The zero-order chi connectivity index (χ0) is 12.5. The highest BCUT2D eigenvalue weighted by molar-refractivity contribution is 7.08. The molecule has 18 heavy (non-hydrogen) atoms. The zero-order valence-electron chi connectivity index (χ0n) is 9.73. The Bertz CT molecular complexity index is 700. The lowest BCUT2D eigenvalue weighted by Crippen LogP contribution is -2.17. The summed E-state index contributed by atoms with van der Waals surface area (Å²) in [5.41, 5.74) is 3.42. The Morgan fingerprint density at radius 2 is 2.28 bits per heavy atom. The first-order valence-electron chi connectivity index (χ1n) is 5.52. The molecular formula is C13H11N3OS. The summed E-state index contributed by atoms with van der Waals surface area (Å²) >= 11 is 1.63. The average Bonchev–Trinajstić information content (AvgIpc) is 3.04. The second-order valence-electron chi connectivity index (χ2n) is 3.91. The quantitative estimate of drug-likeness (QED) is 0.741. The third-order valence-electron chi connectivity index (χ3n) is 2.77. The molecule has 0 aliphatic carbocycles. The number of H-pyrrole nitrogens is 1. The van der Waals surface area contributed by atoms with Gasteiger partial charge in [0.05, 0.1) is 11.0 Å². The molecular weight excluding hydrogens is 246 g/mol. The van der Waals surface area contributed by atoms with Crippen LogP contribution < -0.4 is 5.32 Å². The number of aromatic nitrogens is 2. The van der Waals surface area contributed by atoms with Gasteiger partial charge >= 0.3 is 0 Å². The van der Waals surface area contributed by atoms with E-state index in [2.05, 4.69) is 15.3 Å². The Balaban J connectivity index is 2.10. The fraction of sp³-hybridized carbons (Fsp3) is 0.0769. The van der Waals surface area contributed by atoms with Gasteiger partial charge in [-0.2, -0.15) is 11.3 Å². The van der Waals surface area contributed by atoms with Crippen LogP contribution in [0, 0.1) is 0 Å². The molecule has 0 unspecified atom stereocenters. The van der Waals surface area contributed by atoms with Crippen molar-refractivity contribution < 1.29 is 4.79 Å². The van der Waals surface area contributed by atoms with Crippen molar-refractivity contribution in [1.82, 2.24) is 15.3 Å². The van der Waals surface area contributed by atoms with Gasteiger partial charge in [0, 0.05) is 23.6 Å². The van der Waals surface area contributed by atoms with Crippen molar-refractivity contribution in [2.75, 3.05) is 7.05 Å². The fourth-order valence-electron chi connectivity index (χ4n) is 1.83. The molecule has 5 heteroatoms. The largest absolute Gasteiger partial charge is 0.355 e. The summed E-state index contributed by atoms with van der Waals surface area (Å²) < 4.78 is 0. The molecule has 2 N–H and O–H groups in total. The lowest BCUT2D eigenvalue weighted by atomic mass is 10.2. The normalized spacial score (nSPS) is 10.7. The van der Waals surface area contributed by atoms with Crippen LogP contribution in [0.2, 0.25) is 0 Å². The molecule has 0 bridgehead atoms. The van der Waals surface area contributed by atoms with Crippen molar-refractivity contribution in [3.05, 3.63) is 40.6 Å². The van der Waals surface area contributed by atoms with Gasteiger partial charge in [0.25, 0.3) is 5.91 Å². The molecule has 90 valence electrons. The summed E-state index contributed by atoms with van der Waals surface area (Å²) in [6.07, 6.45) is 0. The van der Waals surface area contributed by atoms with E-state index >= 15 is 0 Å². The van der Waals surface area contributed by atoms with Crippen LogP contribution in [0.15, 0.2) is 35.0 Å². The number of hydrogen-bond donors (Lipinski definition) is 2. The number of imidazole rings is 1. The smallest absolute Gasteiger partial charge is 0.251 e. The van der Waals surface area contributed by atoms with Crippen LogP contribution in [-0.2, 0) is 0 Å². The number of carbonyl (C=O) groups is 1. The first-order chi connectivity index (χ1) is 8.78. The van der Waals surface area contributed by atoms with Gasteiger partial charge in [-0.3, -0.25) is 4.79 Å². The third-order valence-corrected chi connectivity index (χ3v) is 3.45. The summed E-state index contributed by atoms with van der Waals surface area (Å²) in [6.45, 7) is 0. The van der Waals surface area contributed by atoms with Gasteiger partial charge in [-0.1, -0.05) is 0 Å². The fourth-order valence-corrected chi connectivity index (χ4v) is 2.47. The second-order valence-corrected chi connectivity index (χ2v) is 4.69. The van der Waals surface area contributed by atoms with Crippen molar-refractivity contribution >= 4 is 28.3 Å². The molecule has 0 spiro atoms. The lowest BCUT2D eigenvalue weighted by molar-refractivity contribution is 0.0963. The molecule has 0 saturated heterocycles. The van der Waals surface area contributed by atoms with E-state index < -0.39 is 0 Å². The number of carbonyl (C=O) groups excluding carboxylic acids is 1. The maximum absolute atomic E-state index is 11.5. The predicted octanol–water partition coefficient (Wildman–Crippen LogP) is 2.65. The number of rotatable bonds is 2. The number of thiophene rings is 1. The van der Waals surface area contributed by atoms with Crippen LogP contribution in [0.3, 0.4) is 0 Å². The van der Waals surface area contributed by atoms with Crippen molar-refractivity contribution in [2.24, 2.45) is 0 Å². The molecule has 0 aliphatic rings. The van der Waals surface area contributed by atoms with Crippen molar-refractivity contribution in [1.29, 1.82) is 0 Å². The van der Waals surface area contributed by atoms with Crippen LogP contribution in [0.4, 0.5) is 0 Å². The van der Waals surface area contributed by atoms with Crippen molar-refractivity contribution in [3.8, 4) is 11.4 Å². The van der Waals surface area contributed by atoms with Gasteiger partial charge in [0.15, 0.2) is 0 Å². The van der Waals surface area contributed by atoms with Crippen LogP contribution in [-0.4, -0.2) is 22.9 Å². The van der Waals surface area contributed by atoms with E-state index in [9.17, 15) is 4.79 Å². The number of benzene rings is 1. The summed E-state index contributed by atoms with van der Waals surface area (Å²) in [6, 6.07) is 7.47. The summed E-state index contributed by atoms with van der Waals surface area (Å²) in [7, 11) is 1.62. The van der Waals surface area contributed by atoms with Gasteiger partial charge in [-0.25, -0.2) is 4.98 Å². The monoisotopic (exact) mass is 257 g/mol. The van der Waals surface area contributed by atoms with Crippen molar-refractivity contribution in [3.63, 3.8) is 0 Å². The number of nitrogens with zero attached hydrogens (tertiary/aromatic N) is 1. The Hall–Kier alpha value is -2.14. The van der Waals surface area contributed by atoms with Gasteiger partial charge in [-0.15, -0.1) is 0 Å². The predicted molar refractivity (Wildman–Crippen MR) is 72.8 cm³/mol. The minimum atomic E-state index is -0.100. The van der Waals surface area contributed by atoms with E-state index in [1.54, 1.807) is 30.5 Å². The number of fused-ring (bicyclic) bond motifs is 1. The van der Waals surface area contributed by atoms with E-state index in [1.165, 1.54) is 0 Å². The topological polar surface area (TPSA) is 57.8 Å². The van der Waals surface area contributed by atoms with Gasteiger partial charge < -0.3 is 10.3 Å². The Labute approximate surface area is 108 Å². The lowest BCUT2D eigenvalue weighted by Gasteiger charge is -1.97. The van der Waals surface area contributed by atoms with Crippen LogP contribution >= 0.6 is 11.3 Å². The first kappa shape index (κ1) is 11.0. The maximum atomic E-state index is 11.5. The van der Waals surface area contributed by atoms with Gasteiger partial charge in [-0.05, 0) is 29.6 Å². The molecule has 4 nitrogen and oxygen atoms in total. The number of hydrogen-bond acceptors (Lipinski definition) is 3. The average molecular weight is 257 g/mol. The van der Waals surface area contributed by atoms with Crippen molar-refractivity contribution in [2.45, 2.75) is 0 Å². The minimum absolute atomic E-state index is 0.100. The summed E-state index contributed by atoms with van der Waals surface area (Å²) in [5, 5.41) is 6.66. The van der Waals surface area contributed by atoms with E-state index in [1.807, 2.05) is 22.9 Å². The maximum Gasteiger partial charge on any atom is 0.251 e. The van der Waals surface area contributed by atoms with Gasteiger partial charge in [0.2, 0.25) is 0 Å². The highest BCUT2D eigenvalue weighted by Crippen LogP contribution is 2.23. The van der Waals surface area contributed by atoms with E-state index in [0.717, 1.165) is 22.4 Å². The molecule has 2 aromatic heterocycles. The van der Waals surface area contributed by atoms with Crippen LogP contribution in [0.25, 0.3) is 22.4 Å². The molecule has 0 atom stereocenters. The number of nitrogens with one attached hydrogen (secondary N) is 2. The van der Waals surface area contributed by atoms with E-state index in [0.29, 0.717) is 5.56 Å². The SMILES string of the molecule is CNC(=O)c1ccc2[nH]c(-c3ccsc3)nc2c1. The number of amides is 1. The Morgan fingerprint density at radius 1 is 1.39 bits per heavy atom. The highest BCUT2D eigenvalue weighted by atomic mass is 32.1. The highest BCUT2D eigenvalue weighted by Gasteiger charge is 2.08. The first-order valence-corrected chi connectivity index (χ1v) is 6.46.